The minimum absolute atomic E-state index is 0.140. The van der Waals surface area contributed by atoms with Gasteiger partial charge in [0.15, 0.2) is 5.78 Å². The number of carbonyl (C=O) groups excluding carboxylic acids is 1. The van der Waals surface area contributed by atoms with Gasteiger partial charge in [0.2, 0.25) is 0 Å². The lowest BCUT2D eigenvalue weighted by Crippen LogP contribution is -2.05. The molecular formula is C21H22O. The fraction of sp³-hybridized carbons (Fsp3) is 0.286. The Morgan fingerprint density at radius 2 is 1.64 bits per heavy atom. The minimum atomic E-state index is 0.140. The van der Waals surface area contributed by atoms with Crippen molar-refractivity contribution in [1.82, 2.24) is 0 Å². The molecule has 1 unspecified atom stereocenters. The number of hydrogen-bond acceptors (Lipinski definition) is 1. The van der Waals surface area contributed by atoms with Gasteiger partial charge in [-0.3, -0.25) is 4.79 Å². The summed E-state index contributed by atoms with van der Waals surface area (Å²) in [5.41, 5.74) is 7.38. The molecule has 3 rings (SSSR count). The van der Waals surface area contributed by atoms with E-state index in [2.05, 4.69) is 52.0 Å². The summed E-state index contributed by atoms with van der Waals surface area (Å²) in [6.07, 6.45) is 0. The van der Waals surface area contributed by atoms with Crippen molar-refractivity contribution in [1.29, 1.82) is 0 Å². The molecule has 1 aliphatic carbocycles. The Balaban J connectivity index is 2.34. The van der Waals surface area contributed by atoms with Gasteiger partial charge in [0.25, 0.3) is 0 Å². The van der Waals surface area contributed by atoms with Crippen LogP contribution in [0.2, 0.25) is 0 Å². The van der Waals surface area contributed by atoms with Crippen molar-refractivity contribution in [2.24, 2.45) is 5.92 Å². The van der Waals surface area contributed by atoms with Gasteiger partial charge in [0, 0.05) is 11.5 Å². The van der Waals surface area contributed by atoms with Crippen molar-refractivity contribution in [2.75, 3.05) is 0 Å². The predicted molar refractivity (Wildman–Crippen MR) is 94.1 cm³/mol. The first kappa shape index (κ1) is 14.8. The lowest BCUT2D eigenvalue weighted by Gasteiger charge is -2.18. The number of hydrogen-bond donors (Lipinski definition) is 0. The fourth-order valence-corrected chi connectivity index (χ4v) is 3.67. The van der Waals surface area contributed by atoms with E-state index in [-0.39, 0.29) is 5.78 Å². The molecule has 0 heterocycles. The summed E-state index contributed by atoms with van der Waals surface area (Å²) >= 11 is 0. The van der Waals surface area contributed by atoms with Gasteiger partial charge in [-0.15, -0.1) is 0 Å². The summed E-state index contributed by atoms with van der Waals surface area (Å²) in [6, 6.07) is 12.4. The Labute approximate surface area is 132 Å². The normalized spacial score (nSPS) is 18.5. The van der Waals surface area contributed by atoms with E-state index in [4.69, 9.17) is 0 Å². The van der Waals surface area contributed by atoms with Gasteiger partial charge < -0.3 is 0 Å². The van der Waals surface area contributed by atoms with Crippen molar-refractivity contribution in [3.8, 4) is 0 Å². The van der Waals surface area contributed by atoms with Crippen LogP contribution in [-0.2, 0) is 0 Å². The van der Waals surface area contributed by atoms with E-state index in [1.54, 1.807) is 6.92 Å². The van der Waals surface area contributed by atoms with Crippen LogP contribution in [0, 0.1) is 5.92 Å². The van der Waals surface area contributed by atoms with Gasteiger partial charge in [-0.25, -0.2) is 0 Å². The van der Waals surface area contributed by atoms with Crippen LogP contribution in [0.1, 0.15) is 50.5 Å². The van der Waals surface area contributed by atoms with E-state index >= 15 is 0 Å². The number of Topliss-reactive ketones (excluding diaryl/α,β-unsaturated/α-hetero) is 1. The van der Waals surface area contributed by atoms with Crippen molar-refractivity contribution in [2.45, 2.75) is 34.6 Å². The van der Waals surface area contributed by atoms with Crippen LogP contribution >= 0.6 is 0 Å². The van der Waals surface area contributed by atoms with E-state index < -0.39 is 0 Å². The zero-order chi connectivity index (χ0) is 16.0. The highest BCUT2D eigenvalue weighted by atomic mass is 16.1. The van der Waals surface area contributed by atoms with E-state index in [1.807, 2.05) is 12.1 Å². The smallest absolute Gasteiger partial charge is 0.161 e. The Morgan fingerprint density at radius 1 is 0.955 bits per heavy atom. The molecule has 1 heteroatoms. The second-order valence-corrected chi connectivity index (χ2v) is 6.33. The summed E-state index contributed by atoms with van der Waals surface area (Å²) in [6.45, 7) is 10.5. The van der Waals surface area contributed by atoms with E-state index in [0.29, 0.717) is 5.92 Å². The topological polar surface area (TPSA) is 17.1 Å². The zero-order valence-corrected chi connectivity index (χ0v) is 13.9. The lowest BCUT2D eigenvalue weighted by molar-refractivity contribution is 0.101. The zero-order valence-electron chi connectivity index (χ0n) is 13.9. The molecule has 0 aromatic heterocycles. The Bertz CT molecular complexity index is 849. The number of fused-ring (bicyclic) bond motifs is 1. The molecule has 112 valence electrons. The monoisotopic (exact) mass is 290 g/mol. The molecule has 1 nitrogen and oxygen atoms in total. The molecule has 0 bridgehead atoms. The number of benzene rings is 2. The Kier molecular flexibility index (Phi) is 3.52. The third-order valence-electron chi connectivity index (χ3n) is 5.21. The molecule has 0 spiro atoms. The molecule has 1 atom stereocenters. The molecule has 1 aliphatic rings. The highest BCUT2D eigenvalue weighted by Gasteiger charge is 2.27. The largest absolute Gasteiger partial charge is 0.294 e. The van der Waals surface area contributed by atoms with Gasteiger partial charge in [-0.2, -0.15) is 0 Å². The molecule has 2 aromatic carbocycles. The lowest BCUT2D eigenvalue weighted by atomic mass is 9.85. The summed E-state index contributed by atoms with van der Waals surface area (Å²) < 4.78 is 0. The molecule has 0 amide bonds. The summed E-state index contributed by atoms with van der Waals surface area (Å²) in [5.74, 6) is 0.515. The average molecular weight is 290 g/mol. The second kappa shape index (κ2) is 5.24. The van der Waals surface area contributed by atoms with Crippen LogP contribution in [0.15, 0.2) is 53.1 Å². The summed E-state index contributed by atoms with van der Waals surface area (Å²) in [7, 11) is 0. The van der Waals surface area contributed by atoms with E-state index in [1.165, 1.54) is 22.3 Å². The van der Waals surface area contributed by atoms with E-state index in [9.17, 15) is 4.79 Å². The van der Waals surface area contributed by atoms with Crippen LogP contribution in [0.5, 0.6) is 0 Å². The van der Waals surface area contributed by atoms with Crippen LogP contribution < -0.4 is 0 Å². The van der Waals surface area contributed by atoms with Crippen LogP contribution in [0.25, 0.3) is 16.3 Å². The molecule has 0 saturated carbocycles. The van der Waals surface area contributed by atoms with Gasteiger partial charge in [-0.05, 0) is 60.8 Å². The number of carbonyl (C=O) groups is 1. The number of ketones is 1. The van der Waals surface area contributed by atoms with Crippen molar-refractivity contribution in [3.63, 3.8) is 0 Å². The van der Waals surface area contributed by atoms with Gasteiger partial charge >= 0.3 is 0 Å². The van der Waals surface area contributed by atoms with Gasteiger partial charge in [0.05, 0.1) is 0 Å². The Hall–Kier alpha value is -2.15. The van der Waals surface area contributed by atoms with E-state index in [0.717, 1.165) is 21.9 Å². The van der Waals surface area contributed by atoms with Crippen molar-refractivity contribution >= 4 is 22.1 Å². The van der Waals surface area contributed by atoms with Crippen molar-refractivity contribution in [3.05, 3.63) is 64.2 Å². The average Bonchev–Trinajstić information content (AvgIpc) is 2.70. The highest BCUT2D eigenvalue weighted by molar-refractivity contribution is 6.11. The van der Waals surface area contributed by atoms with Crippen LogP contribution in [-0.4, -0.2) is 5.78 Å². The maximum Gasteiger partial charge on any atom is 0.161 e. The first-order chi connectivity index (χ1) is 10.4. The first-order valence-electron chi connectivity index (χ1n) is 7.85. The fourth-order valence-electron chi connectivity index (χ4n) is 3.67. The summed E-state index contributed by atoms with van der Waals surface area (Å²) in [5, 5.41) is 2.18. The molecule has 0 saturated heterocycles. The molecule has 0 fully saturated rings. The molecular weight excluding hydrogens is 268 g/mol. The molecule has 2 aromatic rings. The maximum absolute atomic E-state index is 12.4. The highest BCUT2D eigenvalue weighted by Crippen LogP contribution is 2.44. The number of allylic oxidation sites excluding steroid dienone is 4. The Morgan fingerprint density at radius 3 is 2.23 bits per heavy atom. The maximum atomic E-state index is 12.4. The molecule has 0 aliphatic heterocycles. The first-order valence-corrected chi connectivity index (χ1v) is 7.85. The molecule has 0 radical (unpaired) electrons. The quantitative estimate of drug-likeness (QED) is 0.639. The third kappa shape index (κ3) is 2.04. The van der Waals surface area contributed by atoms with Crippen LogP contribution in [0.3, 0.4) is 0 Å². The predicted octanol–water partition coefficient (Wildman–Crippen LogP) is 5.80. The number of rotatable bonds is 2. The van der Waals surface area contributed by atoms with Crippen molar-refractivity contribution < 1.29 is 4.79 Å². The molecule has 22 heavy (non-hydrogen) atoms. The SMILES string of the molecule is CC(=O)c1c(C2=C(C)C(C)=C(C)C2C)ccc2ccccc12. The third-order valence-corrected chi connectivity index (χ3v) is 5.21. The van der Waals surface area contributed by atoms with Gasteiger partial charge in [-0.1, -0.05) is 48.9 Å². The second-order valence-electron chi connectivity index (χ2n) is 6.33. The van der Waals surface area contributed by atoms with Crippen LogP contribution in [0.4, 0.5) is 0 Å². The molecule has 0 N–H and O–H groups in total. The standard InChI is InChI=1S/C21H22O/c1-12-13(2)15(4)20(14(12)3)19-11-10-17-8-6-7-9-18(17)21(19)16(5)22/h6-11,14H,1-5H3. The minimum Gasteiger partial charge on any atom is -0.294 e. The summed E-state index contributed by atoms with van der Waals surface area (Å²) in [4.78, 5) is 12.4. The van der Waals surface area contributed by atoms with Gasteiger partial charge in [0.1, 0.15) is 0 Å².